The predicted molar refractivity (Wildman–Crippen MR) is 88.6 cm³/mol. The van der Waals surface area contributed by atoms with E-state index >= 15 is 0 Å². The molecule has 1 aromatic heterocycles. The van der Waals surface area contributed by atoms with E-state index in [4.69, 9.17) is 0 Å². The minimum atomic E-state index is -6.87. The van der Waals surface area contributed by atoms with Crippen molar-refractivity contribution in [1.82, 2.24) is 0 Å². The Morgan fingerprint density at radius 1 is 0.607 bits per heavy atom. The Kier molecular flexibility index (Phi) is 4.79. The Morgan fingerprint density at radius 2 is 1.00 bits per heavy atom. The van der Waals surface area contributed by atoms with E-state index in [1.807, 2.05) is 0 Å². The molecule has 3 rings (SSSR count). The van der Waals surface area contributed by atoms with Crippen molar-refractivity contribution in [3.8, 4) is 0 Å². The Hall–Kier alpha value is -1.40. The average molecular weight is 527 g/mol. The summed E-state index contributed by atoms with van der Waals surface area (Å²) in [6.45, 7) is 3.25. The summed E-state index contributed by atoms with van der Waals surface area (Å²) in [5, 5.41) is 0.363. The number of fused-ring (bicyclic) bond motifs is 3. The predicted octanol–water partition coefficient (Wildman–Crippen LogP) is 6.74. The van der Waals surface area contributed by atoms with Crippen molar-refractivity contribution in [3.05, 3.63) is 47.5 Å². The minimum absolute atomic E-state index is 0.182. The van der Waals surface area contributed by atoms with Gasteiger partial charge in [-0.25, -0.2) is 0 Å². The van der Waals surface area contributed by atoms with E-state index in [9.17, 15) is 39.5 Å². The Morgan fingerprint density at radius 3 is 1.36 bits per heavy atom. The molecule has 0 aliphatic heterocycles. The van der Waals surface area contributed by atoms with Gasteiger partial charge in [0.15, 0.2) is 0 Å². The number of halogens is 9. The van der Waals surface area contributed by atoms with Crippen LogP contribution < -0.4 is 0 Å². The van der Waals surface area contributed by atoms with E-state index in [0.717, 1.165) is 12.1 Å². The summed E-state index contributed by atoms with van der Waals surface area (Å²) < 4.78 is 116. The quantitative estimate of drug-likeness (QED) is 0.262. The van der Waals surface area contributed by atoms with E-state index in [0.29, 0.717) is 11.1 Å². The van der Waals surface area contributed by atoms with Gasteiger partial charge in [0.1, 0.15) is 0 Å². The van der Waals surface area contributed by atoms with Gasteiger partial charge in [-0.05, 0) is 0 Å². The van der Waals surface area contributed by atoms with Crippen LogP contribution in [0.1, 0.15) is 11.1 Å². The molecule has 0 spiro atoms. The SMILES string of the molecule is Cc1ccc2c(c1)c1cc(C)ccc1[te+]2C(F)(F)C(F)(F)C(F)(F)C(F)(F)F. The molecule has 0 fully saturated rings. The van der Waals surface area contributed by atoms with Crippen LogP contribution in [-0.4, -0.2) is 37.1 Å². The number of benzene rings is 2. The molecule has 0 saturated heterocycles. The molecule has 0 bridgehead atoms. The number of rotatable bonds is 3. The second-order valence-corrected chi connectivity index (χ2v) is 12.2. The van der Waals surface area contributed by atoms with Crippen LogP contribution in [0.15, 0.2) is 36.4 Å². The number of hydrogen-bond acceptors (Lipinski definition) is 0. The van der Waals surface area contributed by atoms with Crippen LogP contribution in [-0.2, 0) is 3.97 Å². The van der Waals surface area contributed by atoms with Crippen LogP contribution >= 0.6 is 0 Å². The van der Waals surface area contributed by atoms with E-state index in [1.165, 1.54) is 24.3 Å². The van der Waals surface area contributed by atoms with Gasteiger partial charge in [0.25, 0.3) is 0 Å². The molecule has 0 atom stereocenters. The zero-order valence-electron chi connectivity index (χ0n) is 14.3. The zero-order chi connectivity index (χ0) is 21.3. The van der Waals surface area contributed by atoms with Gasteiger partial charge in [-0.2, -0.15) is 0 Å². The molecule has 1 heterocycles. The fourth-order valence-electron chi connectivity index (χ4n) is 2.95. The van der Waals surface area contributed by atoms with E-state index < -0.39 is 41.1 Å². The van der Waals surface area contributed by atoms with Crippen molar-refractivity contribution in [2.45, 2.75) is 35.8 Å². The fraction of sp³-hybridized carbons (Fsp3) is 0.333. The molecule has 0 nitrogen and oxygen atoms in total. The second kappa shape index (κ2) is 6.30. The maximum absolute atomic E-state index is 14.8. The first kappa shape index (κ1) is 21.3. The molecule has 0 aliphatic rings. The molecule has 0 unspecified atom stereocenters. The Balaban J connectivity index is 2.41. The van der Waals surface area contributed by atoms with E-state index in [1.54, 1.807) is 13.8 Å². The molecular weight excluding hydrogens is 515 g/mol. The normalized spacial score (nSPS) is 14.2. The molecule has 152 valence electrons. The fourth-order valence-corrected chi connectivity index (χ4v) is 9.68. The molecule has 10 heteroatoms. The van der Waals surface area contributed by atoms with Crippen LogP contribution in [0, 0.1) is 13.8 Å². The van der Waals surface area contributed by atoms with Crippen molar-refractivity contribution in [1.29, 1.82) is 0 Å². The number of alkyl halides is 9. The first-order chi connectivity index (χ1) is 12.6. The van der Waals surface area contributed by atoms with Gasteiger partial charge in [-0.1, -0.05) is 0 Å². The van der Waals surface area contributed by atoms with Gasteiger partial charge >= 0.3 is 160 Å². The van der Waals surface area contributed by atoms with Crippen molar-refractivity contribution >= 4 is 36.6 Å². The Bertz CT molecular complexity index is 1000. The topological polar surface area (TPSA) is 0 Å². The first-order valence-corrected chi connectivity index (χ1v) is 11.3. The molecule has 0 radical (unpaired) electrons. The second-order valence-electron chi connectivity index (χ2n) is 6.47. The molecule has 0 amide bonds. The zero-order valence-corrected chi connectivity index (χ0v) is 16.6. The number of aryl methyl sites for hydroxylation is 2. The van der Waals surface area contributed by atoms with Crippen molar-refractivity contribution in [2.75, 3.05) is 0 Å². The van der Waals surface area contributed by atoms with Crippen LogP contribution in [0.5, 0.6) is 0 Å². The molecule has 0 N–H and O–H groups in total. The summed E-state index contributed by atoms with van der Waals surface area (Å²) in [4.78, 5) is 0. The summed E-state index contributed by atoms with van der Waals surface area (Å²) in [5.74, 6) is -13.5. The van der Waals surface area contributed by atoms with Gasteiger partial charge in [-0.15, -0.1) is 0 Å². The van der Waals surface area contributed by atoms with Gasteiger partial charge < -0.3 is 0 Å². The van der Waals surface area contributed by atoms with Crippen LogP contribution in [0.25, 0.3) is 17.6 Å². The molecule has 3 aromatic rings. The number of hydrogen-bond donors (Lipinski definition) is 0. The van der Waals surface area contributed by atoms with Crippen LogP contribution in [0.2, 0.25) is 0 Å². The van der Waals surface area contributed by atoms with Gasteiger partial charge in [0.05, 0.1) is 0 Å². The maximum atomic E-state index is 14.8. The third kappa shape index (κ3) is 2.83. The van der Waals surface area contributed by atoms with Crippen molar-refractivity contribution < 1.29 is 39.5 Å². The summed E-state index contributed by atoms with van der Waals surface area (Å²) in [5.41, 5.74) is 1.23. The van der Waals surface area contributed by atoms with Gasteiger partial charge in [0, 0.05) is 0 Å². The molecular formula is C18H12F9Te+. The molecule has 0 saturated carbocycles. The third-order valence-corrected chi connectivity index (χ3v) is 11.1. The third-order valence-electron chi connectivity index (χ3n) is 4.37. The van der Waals surface area contributed by atoms with Crippen molar-refractivity contribution in [3.63, 3.8) is 0 Å². The standard InChI is InChI=1S/C18H12F9Te/c1-9-3-5-13-11(7-9)12-8-10(2)4-6-14(12)28(13)18(26,27)16(21,22)15(19,20)17(23,24)25/h3-8H,1-2H3/q+1. The summed E-state index contributed by atoms with van der Waals surface area (Å²) in [6.07, 6.45) is -6.82. The summed E-state index contributed by atoms with van der Waals surface area (Å²) >= 11 is -4.90. The van der Waals surface area contributed by atoms with E-state index in [2.05, 4.69) is 0 Å². The first-order valence-electron chi connectivity index (χ1n) is 7.79. The van der Waals surface area contributed by atoms with Crippen LogP contribution in [0.3, 0.4) is 0 Å². The monoisotopic (exact) mass is 529 g/mol. The van der Waals surface area contributed by atoms with Gasteiger partial charge in [0.2, 0.25) is 0 Å². The molecule has 28 heavy (non-hydrogen) atoms. The molecule has 0 aliphatic carbocycles. The average Bonchev–Trinajstić information content (AvgIpc) is 2.87. The van der Waals surface area contributed by atoms with Crippen molar-refractivity contribution in [2.24, 2.45) is 0 Å². The molecule has 2 aromatic carbocycles. The summed E-state index contributed by atoms with van der Waals surface area (Å²) in [6, 6.07) is 7.86. The van der Waals surface area contributed by atoms with Gasteiger partial charge in [-0.3, -0.25) is 0 Å². The van der Waals surface area contributed by atoms with E-state index in [-0.39, 0.29) is 17.6 Å². The van der Waals surface area contributed by atoms with Crippen LogP contribution in [0.4, 0.5) is 39.5 Å². The summed E-state index contributed by atoms with van der Waals surface area (Å²) in [7, 11) is 0. The Labute approximate surface area is 159 Å².